The maximum absolute atomic E-state index is 12.9. The number of carbonyl (C=O) groups is 2. The van der Waals surface area contributed by atoms with Crippen LogP contribution in [0.1, 0.15) is 48.4 Å². The number of ether oxygens (including phenoxy) is 1. The van der Waals surface area contributed by atoms with Gasteiger partial charge in [0.1, 0.15) is 5.75 Å². The fourth-order valence-corrected chi connectivity index (χ4v) is 4.22. The molecule has 1 saturated heterocycles. The third-order valence-corrected chi connectivity index (χ3v) is 6.06. The molecule has 1 aromatic carbocycles. The third-order valence-electron chi connectivity index (χ3n) is 6.06. The van der Waals surface area contributed by atoms with E-state index in [0.29, 0.717) is 25.7 Å². The molecule has 3 aliphatic rings. The van der Waals surface area contributed by atoms with Crippen LogP contribution in [0.25, 0.3) is 0 Å². The van der Waals surface area contributed by atoms with Gasteiger partial charge in [-0.25, -0.2) is 0 Å². The van der Waals surface area contributed by atoms with Crippen LogP contribution in [0.5, 0.6) is 5.75 Å². The lowest BCUT2D eigenvalue weighted by atomic mass is 9.95. The lowest BCUT2D eigenvalue weighted by Gasteiger charge is -2.34. The number of rotatable bonds is 4. The molecule has 4 rings (SSSR count). The minimum absolute atomic E-state index is 0.0623. The van der Waals surface area contributed by atoms with Gasteiger partial charge in [0.2, 0.25) is 11.8 Å². The molecule has 2 aliphatic heterocycles. The summed E-state index contributed by atoms with van der Waals surface area (Å²) in [6.07, 6.45) is 4.28. The number of piperazine rings is 1. The number of nitrogens with one attached hydrogen (secondary N) is 1. The number of nitrogens with zero attached hydrogens (tertiary/aromatic N) is 2. The Morgan fingerprint density at radius 2 is 2.11 bits per heavy atom. The van der Waals surface area contributed by atoms with E-state index < -0.39 is 0 Å². The summed E-state index contributed by atoms with van der Waals surface area (Å²) in [5.74, 6) is 1.01. The second kappa shape index (κ2) is 7.50. The van der Waals surface area contributed by atoms with Crippen molar-refractivity contribution >= 4 is 11.8 Å². The van der Waals surface area contributed by atoms with Crippen LogP contribution in [0, 0.1) is 13.8 Å². The number of hydrogen-bond acceptors (Lipinski definition) is 4. The minimum atomic E-state index is -0.0631. The molecule has 1 saturated carbocycles. The molecule has 0 radical (unpaired) electrons. The van der Waals surface area contributed by atoms with Gasteiger partial charge >= 0.3 is 0 Å². The van der Waals surface area contributed by atoms with E-state index in [9.17, 15) is 9.59 Å². The van der Waals surface area contributed by atoms with E-state index in [4.69, 9.17) is 4.74 Å². The first-order chi connectivity index (χ1) is 13.0. The van der Waals surface area contributed by atoms with Gasteiger partial charge in [-0.05, 0) is 50.7 Å². The first-order valence-corrected chi connectivity index (χ1v) is 10.1. The van der Waals surface area contributed by atoms with Crippen molar-refractivity contribution in [3.05, 3.63) is 28.8 Å². The number of carbonyl (C=O) groups excluding carboxylic acids is 2. The third kappa shape index (κ3) is 3.81. The number of fused-ring (bicyclic) bond motifs is 1. The minimum Gasteiger partial charge on any atom is -0.493 e. The molecule has 1 atom stereocenters. The highest BCUT2D eigenvalue weighted by Gasteiger charge is 2.38. The van der Waals surface area contributed by atoms with Crippen molar-refractivity contribution < 1.29 is 14.3 Å². The average molecular weight is 371 g/mol. The number of amides is 2. The molecule has 0 spiro atoms. The highest BCUT2D eigenvalue weighted by molar-refractivity contribution is 5.86. The Balaban J connectivity index is 1.58. The highest BCUT2D eigenvalue weighted by atomic mass is 16.5. The Bertz CT molecular complexity index is 744. The maximum atomic E-state index is 12.9. The topological polar surface area (TPSA) is 61.9 Å². The second-order valence-electron chi connectivity index (χ2n) is 8.00. The van der Waals surface area contributed by atoms with Crippen LogP contribution in [-0.4, -0.2) is 60.4 Å². The lowest BCUT2D eigenvalue weighted by Crippen LogP contribution is -2.52. The monoisotopic (exact) mass is 371 g/mol. The fourth-order valence-electron chi connectivity index (χ4n) is 4.22. The molecule has 2 amide bonds. The molecule has 146 valence electrons. The summed E-state index contributed by atoms with van der Waals surface area (Å²) >= 11 is 0. The van der Waals surface area contributed by atoms with Crippen molar-refractivity contribution in [1.29, 1.82) is 0 Å². The van der Waals surface area contributed by atoms with Gasteiger partial charge in [-0.3, -0.25) is 14.5 Å². The fraction of sp³-hybridized carbons (Fsp3) is 0.619. The Morgan fingerprint density at radius 1 is 1.30 bits per heavy atom. The van der Waals surface area contributed by atoms with Crippen LogP contribution in [0.4, 0.5) is 0 Å². The van der Waals surface area contributed by atoms with E-state index in [0.717, 1.165) is 38.0 Å². The summed E-state index contributed by atoms with van der Waals surface area (Å²) in [4.78, 5) is 28.6. The smallest absolute Gasteiger partial charge is 0.239 e. The molecule has 2 fully saturated rings. The predicted molar refractivity (Wildman–Crippen MR) is 103 cm³/mol. The zero-order valence-corrected chi connectivity index (χ0v) is 16.3. The molecule has 6 heteroatoms. The Hall–Kier alpha value is -2.08. The van der Waals surface area contributed by atoms with Crippen LogP contribution in [-0.2, 0) is 9.59 Å². The van der Waals surface area contributed by atoms with Gasteiger partial charge in [-0.15, -0.1) is 0 Å². The van der Waals surface area contributed by atoms with Crippen molar-refractivity contribution in [2.75, 3.05) is 32.8 Å². The summed E-state index contributed by atoms with van der Waals surface area (Å²) in [7, 11) is 0. The summed E-state index contributed by atoms with van der Waals surface area (Å²) in [6.45, 7) is 6.68. The van der Waals surface area contributed by atoms with E-state index in [1.165, 1.54) is 16.7 Å². The molecule has 0 aromatic heterocycles. The van der Waals surface area contributed by atoms with Crippen molar-refractivity contribution in [2.45, 2.75) is 51.6 Å². The number of aryl methyl sites for hydroxylation is 1. The molecule has 2 heterocycles. The summed E-state index contributed by atoms with van der Waals surface area (Å²) in [5, 5.41) is 2.79. The van der Waals surface area contributed by atoms with Crippen LogP contribution in [0.3, 0.4) is 0 Å². The van der Waals surface area contributed by atoms with E-state index in [1.807, 2.05) is 0 Å². The molecule has 1 aromatic rings. The zero-order valence-electron chi connectivity index (χ0n) is 16.3. The molecule has 27 heavy (non-hydrogen) atoms. The first kappa shape index (κ1) is 18.3. The predicted octanol–water partition coefficient (Wildman–Crippen LogP) is 1.94. The van der Waals surface area contributed by atoms with Gasteiger partial charge in [0.25, 0.3) is 0 Å². The molecule has 1 aliphatic carbocycles. The Kier molecular flexibility index (Phi) is 5.08. The molecule has 0 bridgehead atoms. The van der Waals surface area contributed by atoms with Gasteiger partial charge in [-0.2, -0.15) is 0 Å². The average Bonchev–Trinajstić information content (AvgIpc) is 3.50. The largest absolute Gasteiger partial charge is 0.493 e. The SMILES string of the molecule is Cc1ccc2c(c1C)OCCCC2N(CC(=O)N1CCNC(=O)C1)C1CC1. The normalized spacial score (nSPS) is 22.7. The van der Waals surface area contributed by atoms with E-state index in [2.05, 4.69) is 36.2 Å². The Morgan fingerprint density at radius 3 is 2.85 bits per heavy atom. The van der Waals surface area contributed by atoms with Gasteiger partial charge in [0.15, 0.2) is 0 Å². The standard InChI is InChI=1S/C21H29N3O3/c1-14-5-8-17-18(4-3-11-27-21(17)15(14)2)24(16-6-7-16)13-20(26)23-10-9-22-19(25)12-23/h5,8,16,18H,3-4,6-7,9-13H2,1-2H3,(H,22,25). The lowest BCUT2D eigenvalue weighted by molar-refractivity contribution is -0.139. The summed E-state index contributed by atoms with van der Waals surface area (Å²) in [6, 6.07) is 5.02. The van der Waals surface area contributed by atoms with Crippen molar-refractivity contribution in [3.63, 3.8) is 0 Å². The van der Waals surface area contributed by atoms with E-state index in [-0.39, 0.29) is 24.4 Å². The van der Waals surface area contributed by atoms with Gasteiger partial charge in [0.05, 0.1) is 19.7 Å². The van der Waals surface area contributed by atoms with Gasteiger partial charge in [0, 0.05) is 30.7 Å². The van der Waals surface area contributed by atoms with Crippen molar-refractivity contribution in [1.82, 2.24) is 15.1 Å². The summed E-state index contributed by atoms with van der Waals surface area (Å²) in [5.41, 5.74) is 3.66. The zero-order chi connectivity index (χ0) is 19.0. The van der Waals surface area contributed by atoms with E-state index in [1.54, 1.807) is 4.90 Å². The van der Waals surface area contributed by atoms with Crippen LogP contribution in [0.2, 0.25) is 0 Å². The molecule has 1 unspecified atom stereocenters. The maximum Gasteiger partial charge on any atom is 0.239 e. The highest BCUT2D eigenvalue weighted by Crippen LogP contribution is 2.43. The van der Waals surface area contributed by atoms with Crippen molar-refractivity contribution in [2.24, 2.45) is 0 Å². The summed E-state index contributed by atoms with van der Waals surface area (Å²) < 4.78 is 6.10. The first-order valence-electron chi connectivity index (χ1n) is 10.1. The second-order valence-corrected chi connectivity index (χ2v) is 8.00. The van der Waals surface area contributed by atoms with E-state index >= 15 is 0 Å². The molecular weight excluding hydrogens is 342 g/mol. The van der Waals surface area contributed by atoms with Gasteiger partial charge < -0.3 is 15.0 Å². The molecule has 1 N–H and O–H groups in total. The number of benzene rings is 1. The van der Waals surface area contributed by atoms with Crippen LogP contribution in [0.15, 0.2) is 12.1 Å². The van der Waals surface area contributed by atoms with Crippen LogP contribution >= 0.6 is 0 Å². The van der Waals surface area contributed by atoms with Crippen LogP contribution < -0.4 is 10.1 Å². The number of hydrogen-bond donors (Lipinski definition) is 1. The quantitative estimate of drug-likeness (QED) is 0.879. The molecule has 6 nitrogen and oxygen atoms in total. The van der Waals surface area contributed by atoms with Gasteiger partial charge in [-0.1, -0.05) is 12.1 Å². The Labute approximate surface area is 160 Å². The van der Waals surface area contributed by atoms with Crippen molar-refractivity contribution in [3.8, 4) is 5.75 Å². The molecular formula is C21H29N3O3.